The summed E-state index contributed by atoms with van der Waals surface area (Å²) in [5.74, 6) is 0. The molecular formula is C20H26O6S2. The van der Waals surface area contributed by atoms with Crippen LogP contribution in [0.5, 0.6) is 0 Å². The van der Waals surface area contributed by atoms with Crippen LogP contribution in [0.15, 0.2) is 58.3 Å². The topological polar surface area (TPSA) is 86.7 Å². The third kappa shape index (κ3) is 6.13. The number of aryl methyl sites for hydroxylation is 2. The van der Waals surface area contributed by atoms with Gasteiger partial charge in [-0.3, -0.25) is 8.37 Å². The number of benzene rings is 2. The molecule has 0 aromatic heterocycles. The van der Waals surface area contributed by atoms with E-state index in [0.717, 1.165) is 11.1 Å². The summed E-state index contributed by atoms with van der Waals surface area (Å²) in [6.07, 6.45) is -0.724. The summed E-state index contributed by atoms with van der Waals surface area (Å²) in [6.45, 7) is 8.44. The molecule has 6 nitrogen and oxygen atoms in total. The molecule has 0 saturated carbocycles. The number of hydrogen-bond donors (Lipinski definition) is 0. The second kappa shape index (κ2) is 8.32. The molecule has 0 heterocycles. The SMILES string of the molecule is Cc1ccc(S(=O)(=O)OC(C)CC(C)(C)OS(=O)(=O)c2ccc(C)cc2)cc1. The van der Waals surface area contributed by atoms with Crippen LogP contribution < -0.4 is 0 Å². The summed E-state index contributed by atoms with van der Waals surface area (Å²) in [5, 5.41) is 0. The molecule has 1 unspecified atom stereocenters. The summed E-state index contributed by atoms with van der Waals surface area (Å²) in [6, 6.07) is 12.6. The van der Waals surface area contributed by atoms with E-state index in [-0.39, 0.29) is 16.2 Å². The van der Waals surface area contributed by atoms with E-state index in [1.165, 1.54) is 24.3 Å². The predicted molar refractivity (Wildman–Crippen MR) is 107 cm³/mol. The van der Waals surface area contributed by atoms with Gasteiger partial charge in [-0.05, 0) is 58.9 Å². The first-order chi connectivity index (χ1) is 12.8. The van der Waals surface area contributed by atoms with E-state index in [1.807, 2.05) is 13.8 Å². The summed E-state index contributed by atoms with van der Waals surface area (Å²) in [5.41, 5.74) is 0.704. The van der Waals surface area contributed by atoms with Crippen LogP contribution in [0.25, 0.3) is 0 Å². The monoisotopic (exact) mass is 426 g/mol. The fourth-order valence-corrected chi connectivity index (χ4v) is 5.10. The molecule has 0 spiro atoms. The van der Waals surface area contributed by atoms with Gasteiger partial charge in [-0.15, -0.1) is 0 Å². The molecule has 28 heavy (non-hydrogen) atoms. The van der Waals surface area contributed by atoms with Crippen LogP contribution >= 0.6 is 0 Å². The average Bonchev–Trinajstić information content (AvgIpc) is 2.53. The third-order valence-corrected chi connectivity index (χ3v) is 6.98. The Morgan fingerprint density at radius 2 is 1.18 bits per heavy atom. The van der Waals surface area contributed by atoms with E-state index >= 15 is 0 Å². The van der Waals surface area contributed by atoms with Crippen molar-refractivity contribution in [2.45, 2.75) is 62.5 Å². The predicted octanol–water partition coefficient (Wildman–Crippen LogP) is 3.97. The van der Waals surface area contributed by atoms with Crippen molar-refractivity contribution in [3.63, 3.8) is 0 Å². The molecule has 2 rings (SSSR count). The lowest BCUT2D eigenvalue weighted by Gasteiger charge is -2.27. The molecule has 8 heteroatoms. The highest BCUT2D eigenvalue weighted by molar-refractivity contribution is 7.87. The van der Waals surface area contributed by atoms with Crippen LogP contribution in [-0.4, -0.2) is 28.5 Å². The van der Waals surface area contributed by atoms with E-state index in [2.05, 4.69) is 0 Å². The minimum absolute atomic E-state index is 0.0482. The maximum atomic E-state index is 12.5. The van der Waals surface area contributed by atoms with Crippen LogP contribution in [0.2, 0.25) is 0 Å². The lowest BCUT2D eigenvalue weighted by atomic mass is 10.0. The fraction of sp³-hybridized carbons (Fsp3) is 0.400. The van der Waals surface area contributed by atoms with E-state index in [4.69, 9.17) is 8.37 Å². The van der Waals surface area contributed by atoms with Crippen molar-refractivity contribution >= 4 is 20.2 Å². The first kappa shape index (κ1) is 22.5. The van der Waals surface area contributed by atoms with Gasteiger partial charge in [0.05, 0.1) is 21.5 Å². The highest BCUT2D eigenvalue weighted by Crippen LogP contribution is 2.27. The van der Waals surface area contributed by atoms with Gasteiger partial charge in [-0.2, -0.15) is 16.8 Å². The van der Waals surface area contributed by atoms with Gasteiger partial charge in [0.15, 0.2) is 0 Å². The minimum atomic E-state index is -3.99. The molecule has 0 aliphatic carbocycles. The number of rotatable bonds is 8. The standard InChI is InChI=1S/C20H26O6S2/c1-15-6-10-18(11-7-15)27(21,22)25-17(3)14-20(4,5)26-28(23,24)19-12-8-16(2)9-13-19/h6-13,17H,14H2,1-5H3. The van der Waals surface area contributed by atoms with E-state index in [1.54, 1.807) is 45.0 Å². The molecule has 0 aliphatic heterocycles. The Kier molecular flexibility index (Phi) is 6.70. The van der Waals surface area contributed by atoms with Crippen molar-refractivity contribution in [2.75, 3.05) is 0 Å². The Morgan fingerprint density at radius 3 is 1.61 bits per heavy atom. The normalized spacial score (nSPS) is 14.0. The minimum Gasteiger partial charge on any atom is -0.263 e. The van der Waals surface area contributed by atoms with E-state index in [0.29, 0.717) is 0 Å². The Hall–Kier alpha value is -1.74. The van der Waals surface area contributed by atoms with Crippen molar-refractivity contribution in [3.8, 4) is 0 Å². The van der Waals surface area contributed by atoms with Gasteiger partial charge in [0.1, 0.15) is 0 Å². The van der Waals surface area contributed by atoms with Gasteiger partial charge in [-0.1, -0.05) is 35.4 Å². The first-order valence-electron chi connectivity index (χ1n) is 8.83. The van der Waals surface area contributed by atoms with Gasteiger partial charge in [-0.25, -0.2) is 0 Å². The second-order valence-corrected chi connectivity index (χ2v) is 10.6. The Bertz CT molecular complexity index is 1010. The van der Waals surface area contributed by atoms with Crippen molar-refractivity contribution < 1.29 is 25.2 Å². The smallest absolute Gasteiger partial charge is 0.263 e. The van der Waals surface area contributed by atoms with Crippen molar-refractivity contribution in [2.24, 2.45) is 0 Å². The zero-order chi connectivity index (χ0) is 21.2. The summed E-state index contributed by atoms with van der Waals surface area (Å²) < 4.78 is 60.4. The Morgan fingerprint density at radius 1 is 0.786 bits per heavy atom. The zero-order valence-electron chi connectivity index (χ0n) is 16.7. The van der Waals surface area contributed by atoms with Gasteiger partial charge >= 0.3 is 0 Å². The molecule has 0 radical (unpaired) electrons. The molecule has 2 aromatic carbocycles. The second-order valence-electron chi connectivity index (χ2n) is 7.49. The molecule has 154 valence electrons. The Balaban J connectivity index is 2.08. The van der Waals surface area contributed by atoms with E-state index < -0.39 is 31.9 Å². The van der Waals surface area contributed by atoms with Gasteiger partial charge in [0, 0.05) is 6.42 Å². The summed E-state index contributed by atoms with van der Waals surface area (Å²) in [4.78, 5) is 0.1000. The third-order valence-electron chi connectivity index (χ3n) is 4.02. The largest absolute Gasteiger partial charge is 0.297 e. The van der Waals surface area contributed by atoms with Crippen molar-refractivity contribution in [1.29, 1.82) is 0 Å². The molecule has 0 fully saturated rings. The maximum Gasteiger partial charge on any atom is 0.297 e. The van der Waals surface area contributed by atoms with Crippen LogP contribution in [-0.2, 0) is 28.6 Å². The Labute approximate surface area is 167 Å². The number of hydrogen-bond acceptors (Lipinski definition) is 6. The quantitative estimate of drug-likeness (QED) is 0.594. The zero-order valence-corrected chi connectivity index (χ0v) is 18.3. The molecule has 0 amide bonds. The van der Waals surface area contributed by atoms with Crippen LogP contribution in [0.4, 0.5) is 0 Å². The van der Waals surface area contributed by atoms with Crippen LogP contribution in [0.1, 0.15) is 38.3 Å². The molecule has 2 aromatic rings. The highest BCUT2D eigenvalue weighted by Gasteiger charge is 2.32. The highest BCUT2D eigenvalue weighted by atomic mass is 32.2. The maximum absolute atomic E-state index is 12.5. The van der Waals surface area contributed by atoms with E-state index in [9.17, 15) is 16.8 Å². The summed E-state index contributed by atoms with van der Waals surface area (Å²) in [7, 11) is -7.94. The molecule has 0 bridgehead atoms. The van der Waals surface area contributed by atoms with Gasteiger partial charge < -0.3 is 0 Å². The fourth-order valence-electron chi connectivity index (χ4n) is 2.79. The molecule has 0 N–H and O–H groups in total. The molecule has 1 atom stereocenters. The average molecular weight is 427 g/mol. The van der Waals surface area contributed by atoms with Crippen molar-refractivity contribution in [1.82, 2.24) is 0 Å². The van der Waals surface area contributed by atoms with Gasteiger partial charge in [0.2, 0.25) is 0 Å². The first-order valence-corrected chi connectivity index (χ1v) is 11.6. The van der Waals surface area contributed by atoms with Crippen LogP contribution in [0, 0.1) is 13.8 Å². The molecular weight excluding hydrogens is 400 g/mol. The lowest BCUT2D eigenvalue weighted by molar-refractivity contribution is 0.0629. The summed E-state index contributed by atoms with van der Waals surface area (Å²) >= 11 is 0. The van der Waals surface area contributed by atoms with Crippen LogP contribution in [0.3, 0.4) is 0 Å². The van der Waals surface area contributed by atoms with Crippen molar-refractivity contribution in [3.05, 3.63) is 59.7 Å². The molecule has 0 aliphatic rings. The lowest BCUT2D eigenvalue weighted by Crippen LogP contribution is -2.33. The molecule has 0 saturated heterocycles. The van der Waals surface area contributed by atoms with Gasteiger partial charge in [0.25, 0.3) is 20.2 Å².